The van der Waals surface area contributed by atoms with Crippen LogP contribution < -0.4 is 9.47 Å². The molecule has 8 nitrogen and oxygen atoms in total. The summed E-state index contributed by atoms with van der Waals surface area (Å²) in [6.07, 6.45) is 19.8. The number of unbranched alkanes of at least 4 members (excludes halogenated alkanes) is 14. The summed E-state index contributed by atoms with van der Waals surface area (Å²) in [6, 6.07) is 27.8. The Bertz CT molecular complexity index is 1710. The standard InChI is InChI=1S/2C22H30O4S.Ca/c2*1-2-3-4-5-6-7-8-10-14-19-15-13-18-21(22(19)27(23,24)25)26-20-16-11-9-12-17-20;/h2*9,11-13,15-18H,2-8,10,14H2,1H3,(H,23,24,25);/q;;+2/p-2. The van der Waals surface area contributed by atoms with E-state index in [1.165, 1.54) is 76.3 Å². The maximum Gasteiger partial charge on any atom is 2.00 e. The predicted octanol–water partition coefficient (Wildman–Crippen LogP) is 11.8. The van der Waals surface area contributed by atoms with Crippen molar-refractivity contribution in [3.05, 3.63) is 108 Å². The van der Waals surface area contributed by atoms with E-state index in [2.05, 4.69) is 13.8 Å². The number of aryl methyl sites for hydroxylation is 2. The molecule has 296 valence electrons. The number of hydrogen-bond donors (Lipinski definition) is 0. The fourth-order valence-corrected chi connectivity index (χ4v) is 8.07. The number of rotatable bonds is 24. The molecule has 0 aliphatic rings. The number of ether oxygens (including phenoxy) is 2. The summed E-state index contributed by atoms with van der Waals surface area (Å²) in [5.41, 5.74) is 1.09. The van der Waals surface area contributed by atoms with Gasteiger partial charge in [0, 0.05) is 0 Å². The Labute approximate surface area is 361 Å². The van der Waals surface area contributed by atoms with Crippen LogP contribution in [0.4, 0.5) is 0 Å². The summed E-state index contributed by atoms with van der Waals surface area (Å²) in [6.45, 7) is 4.41. The molecule has 0 fully saturated rings. The molecular weight excluding hydrogens is 761 g/mol. The van der Waals surface area contributed by atoms with Crippen LogP contribution in [-0.4, -0.2) is 63.7 Å². The third-order valence-corrected chi connectivity index (χ3v) is 11.1. The zero-order chi connectivity index (χ0) is 39.1. The molecule has 0 saturated heterocycles. The van der Waals surface area contributed by atoms with E-state index < -0.39 is 20.2 Å². The van der Waals surface area contributed by atoms with E-state index in [1.54, 1.807) is 72.8 Å². The molecule has 0 atom stereocenters. The molecule has 11 heteroatoms. The third kappa shape index (κ3) is 19.0. The van der Waals surface area contributed by atoms with Crippen LogP contribution in [0.5, 0.6) is 23.0 Å². The average molecular weight is 819 g/mol. The largest absolute Gasteiger partial charge is 2.00 e. The Morgan fingerprint density at radius 2 is 0.727 bits per heavy atom. The molecule has 4 aromatic carbocycles. The van der Waals surface area contributed by atoms with Gasteiger partial charge in [0.15, 0.2) is 0 Å². The van der Waals surface area contributed by atoms with E-state index in [1.807, 2.05) is 12.1 Å². The summed E-state index contributed by atoms with van der Waals surface area (Å²) >= 11 is 0. The van der Waals surface area contributed by atoms with Gasteiger partial charge in [-0.3, -0.25) is 0 Å². The van der Waals surface area contributed by atoms with E-state index >= 15 is 0 Å². The van der Waals surface area contributed by atoms with Crippen LogP contribution >= 0.6 is 0 Å². The minimum absolute atomic E-state index is 0. The SMILES string of the molecule is CCCCCCCCCCc1cccc(Oc2ccccc2)c1S(=O)(=O)[O-].CCCCCCCCCCc1cccc(Oc2ccccc2)c1S(=O)(=O)[O-].[Ca+2]. The zero-order valence-electron chi connectivity index (χ0n) is 32.8. The molecule has 0 aromatic heterocycles. The summed E-state index contributed by atoms with van der Waals surface area (Å²) in [7, 11) is -9.23. The van der Waals surface area contributed by atoms with Crippen molar-refractivity contribution in [2.24, 2.45) is 0 Å². The van der Waals surface area contributed by atoms with Gasteiger partial charge in [-0.25, -0.2) is 16.8 Å². The molecule has 4 aromatic rings. The van der Waals surface area contributed by atoms with Crippen LogP contribution in [0.1, 0.15) is 128 Å². The van der Waals surface area contributed by atoms with Gasteiger partial charge in [0.05, 0.1) is 0 Å². The van der Waals surface area contributed by atoms with Gasteiger partial charge >= 0.3 is 37.7 Å². The summed E-state index contributed by atoms with van der Waals surface area (Å²) in [5, 5.41) is 0. The molecule has 0 N–H and O–H groups in total. The van der Waals surface area contributed by atoms with Gasteiger partial charge in [-0.15, -0.1) is 0 Å². The summed E-state index contributed by atoms with van der Waals surface area (Å²) < 4.78 is 82.5. The molecule has 4 rings (SSSR count). The first kappa shape index (κ1) is 48.7. The van der Waals surface area contributed by atoms with Gasteiger partial charge in [-0.2, -0.15) is 0 Å². The molecule has 0 aliphatic heterocycles. The van der Waals surface area contributed by atoms with Crippen molar-refractivity contribution in [1.29, 1.82) is 0 Å². The van der Waals surface area contributed by atoms with Crippen molar-refractivity contribution in [3.8, 4) is 23.0 Å². The Morgan fingerprint density at radius 3 is 1.04 bits per heavy atom. The van der Waals surface area contributed by atoms with Crippen LogP contribution in [0.2, 0.25) is 0 Å². The minimum atomic E-state index is -4.62. The third-order valence-electron chi connectivity index (χ3n) is 9.16. The van der Waals surface area contributed by atoms with Crippen LogP contribution in [-0.2, 0) is 33.1 Å². The fraction of sp³-hybridized carbons (Fsp3) is 0.455. The average Bonchev–Trinajstić information content (AvgIpc) is 3.14. The van der Waals surface area contributed by atoms with E-state index in [9.17, 15) is 25.9 Å². The van der Waals surface area contributed by atoms with Crippen LogP contribution in [0, 0.1) is 0 Å². The molecule has 0 unspecified atom stereocenters. The first-order chi connectivity index (χ1) is 26.0. The number of para-hydroxylation sites is 2. The molecule has 0 spiro atoms. The van der Waals surface area contributed by atoms with Gasteiger partial charge in [-0.05, 0) is 73.2 Å². The van der Waals surface area contributed by atoms with Crippen molar-refractivity contribution < 1.29 is 35.4 Å². The van der Waals surface area contributed by atoms with Crippen LogP contribution in [0.25, 0.3) is 0 Å². The molecule has 0 radical (unpaired) electrons. The topological polar surface area (TPSA) is 133 Å². The molecule has 0 bridgehead atoms. The second kappa shape index (κ2) is 27.2. The summed E-state index contributed by atoms with van der Waals surface area (Å²) in [4.78, 5) is -0.450. The van der Waals surface area contributed by atoms with Crippen LogP contribution in [0.15, 0.2) is 107 Å². The molecule has 0 amide bonds. The first-order valence-corrected chi connectivity index (χ1v) is 22.5. The van der Waals surface area contributed by atoms with Gasteiger partial charge in [0.2, 0.25) is 0 Å². The number of hydrogen-bond acceptors (Lipinski definition) is 8. The van der Waals surface area contributed by atoms with E-state index in [4.69, 9.17) is 9.47 Å². The zero-order valence-corrected chi connectivity index (χ0v) is 36.6. The minimum Gasteiger partial charge on any atom is -0.744 e. The Kier molecular flexibility index (Phi) is 24.1. The Hall–Kier alpha value is -2.44. The van der Waals surface area contributed by atoms with Crippen molar-refractivity contribution in [1.82, 2.24) is 0 Å². The Morgan fingerprint density at radius 1 is 0.418 bits per heavy atom. The van der Waals surface area contributed by atoms with Gasteiger partial charge in [-0.1, -0.05) is 164 Å². The molecule has 0 aliphatic carbocycles. The first-order valence-electron chi connectivity index (χ1n) is 19.7. The summed E-state index contributed by atoms with van der Waals surface area (Å²) in [5.74, 6) is 1.22. The second-order valence-electron chi connectivity index (χ2n) is 13.7. The van der Waals surface area contributed by atoms with Crippen molar-refractivity contribution >= 4 is 58.0 Å². The molecule has 55 heavy (non-hydrogen) atoms. The quantitative estimate of drug-likeness (QED) is 0.0388. The fourth-order valence-electron chi connectivity index (χ4n) is 6.37. The number of benzene rings is 4. The normalized spacial score (nSPS) is 11.3. The van der Waals surface area contributed by atoms with Gasteiger partial charge < -0.3 is 18.6 Å². The smallest absolute Gasteiger partial charge is 0.744 e. The second-order valence-corrected chi connectivity index (χ2v) is 16.3. The Balaban J connectivity index is 0.000000373. The maximum absolute atomic E-state index is 11.9. The van der Waals surface area contributed by atoms with E-state index in [0.29, 0.717) is 35.5 Å². The monoisotopic (exact) mass is 818 g/mol. The molecule has 0 saturated carbocycles. The maximum atomic E-state index is 11.9. The molecule has 0 heterocycles. The van der Waals surface area contributed by atoms with Crippen molar-refractivity contribution in [3.63, 3.8) is 0 Å². The van der Waals surface area contributed by atoms with Crippen molar-refractivity contribution in [2.75, 3.05) is 0 Å². The predicted molar refractivity (Wildman–Crippen MR) is 220 cm³/mol. The van der Waals surface area contributed by atoms with E-state index in [0.717, 1.165) is 38.5 Å². The van der Waals surface area contributed by atoms with Crippen LogP contribution in [0.3, 0.4) is 0 Å². The van der Waals surface area contributed by atoms with Gasteiger partial charge in [0.1, 0.15) is 53.0 Å². The molecular formula is C44H58CaO8S2. The van der Waals surface area contributed by atoms with Crippen molar-refractivity contribution in [2.45, 2.75) is 139 Å². The van der Waals surface area contributed by atoms with E-state index in [-0.39, 0.29) is 59.0 Å². The van der Waals surface area contributed by atoms with Gasteiger partial charge in [0.25, 0.3) is 0 Å².